The SMILES string of the molecule is O=C(COCc1ccccc1)N1CCS[C@@H](c2cc(F)ccc2F)CC1. The van der Waals surface area contributed by atoms with Crippen LogP contribution in [0.1, 0.15) is 22.8 Å². The monoisotopic (exact) mass is 377 g/mol. The summed E-state index contributed by atoms with van der Waals surface area (Å²) in [6.45, 7) is 1.53. The van der Waals surface area contributed by atoms with Crippen molar-refractivity contribution < 1.29 is 18.3 Å². The van der Waals surface area contributed by atoms with E-state index in [4.69, 9.17) is 4.74 Å². The molecule has 1 fully saturated rings. The topological polar surface area (TPSA) is 29.5 Å². The number of thioether (sulfide) groups is 1. The third-order valence-corrected chi connectivity index (χ3v) is 5.65. The van der Waals surface area contributed by atoms with Gasteiger partial charge in [0.05, 0.1) is 6.61 Å². The second-order valence-electron chi connectivity index (χ2n) is 6.17. The Hall–Kier alpha value is -1.92. The van der Waals surface area contributed by atoms with Gasteiger partial charge in [-0.25, -0.2) is 8.78 Å². The third kappa shape index (κ3) is 5.05. The number of ether oxygens (including phenoxy) is 1. The van der Waals surface area contributed by atoms with Gasteiger partial charge in [0.2, 0.25) is 5.91 Å². The molecule has 2 aromatic carbocycles. The van der Waals surface area contributed by atoms with E-state index in [0.29, 0.717) is 37.4 Å². The van der Waals surface area contributed by atoms with Gasteiger partial charge in [-0.05, 0) is 30.2 Å². The number of halogens is 2. The third-order valence-electron chi connectivity index (χ3n) is 4.34. The fourth-order valence-corrected chi connectivity index (χ4v) is 4.19. The van der Waals surface area contributed by atoms with E-state index in [0.717, 1.165) is 17.7 Å². The van der Waals surface area contributed by atoms with Gasteiger partial charge in [-0.15, -0.1) is 0 Å². The largest absolute Gasteiger partial charge is 0.367 e. The number of hydrogen-bond donors (Lipinski definition) is 0. The zero-order valence-electron chi connectivity index (χ0n) is 14.4. The van der Waals surface area contributed by atoms with E-state index in [2.05, 4.69) is 0 Å². The van der Waals surface area contributed by atoms with Crippen LogP contribution in [0, 0.1) is 11.6 Å². The lowest BCUT2D eigenvalue weighted by Gasteiger charge is -2.20. The number of benzene rings is 2. The molecule has 6 heteroatoms. The van der Waals surface area contributed by atoms with E-state index in [1.54, 1.807) is 16.7 Å². The van der Waals surface area contributed by atoms with Gasteiger partial charge in [0, 0.05) is 29.7 Å². The van der Waals surface area contributed by atoms with Crippen LogP contribution >= 0.6 is 11.8 Å². The van der Waals surface area contributed by atoms with Crippen molar-refractivity contribution in [3.63, 3.8) is 0 Å². The van der Waals surface area contributed by atoms with Crippen molar-refractivity contribution in [2.75, 3.05) is 25.4 Å². The van der Waals surface area contributed by atoms with Crippen LogP contribution in [0.4, 0.5) is 8.78 Å². The molecule has 1 saturated heterocycles. The maximum Gasteiger partial charge on any atom is 0.248 e. The summed E-state index contributed by atoms with van der Waals surface area (Å²) in [5.41, 5.74) is 1.40. The molecule has 1 atom stereocenters. The predicted molar refractivity (Wildman–Crippen MR) is 98.9 cm³/mol. The van der Waals surface area contributed by atoms with Crippen LogP contribution in [-0.4, -0.2) is 36.3 Å². The number of hydrogen-bond acceptors (Lipinski definition) is 3. The molecule has 0 radical (unpaired) electrons. The summed E-state index contributed by atoms with van der Waals surface area (Å²) in [5, 5.41) is -0.145. The molecule has 0 aromatic heterocycles. The highest BCUT2D eigenvalue weighted by Crippen LogP contribution is 2.36. The number of carbonyl (C=O) groups is 1. The highest BCUT2D eigenvalue weighted by molar-refractivity contribution is 7.99. The molecule has 1 heterocycles. The first kappa shape index (κ1) is 18.9. The molecule has 0 bridgehead atoms. The Morgan fingerprint density at radius 3 is 2.77 bits per heavy atom. The average Bonchev–Trinajstić information content (AvgIpc) is 2.91. The first-order chi connectivity index (χ1) is 12.6. The quantitative estimate of drug-likeness (QED) is 0.783. The van der Waals surface area contributed by atoms with Crippen molar-refractivity contribution in [1.29, 1.82) is 0 Å². The Morgan fingerprint density at radius 1 is 1.15 bits per heavy atom. The summed E-state index contributed by atoms with van der Waals surface area (Å²) < 4.78 is 32.9. The minimum absolute atomic E-state index is 0.0263. The molecular weight excluding hydrogens is 356 g/mol. The van der Waals surface area contributed by atoms with E-state index in [1.165, 1.54) is 6.07 Å². The normalized spacial score (nSPS) is 17.8. The Bertz CT molecular complexity index is 742. The van der Waals surface area contributed by atoms with E-state index in [-0.39, 0.29) is 17.8 Å². The standard InChI is InChI=1S/C20H21F2NO2S/c21-16-6-7-18(22)17(12-16)19-8-9-23(10-11-26-19)20(24)14-25-13-15-4-2-1-3-5-15/h1-7,12,19H,8-11,13-14H2/t19-/m1/s1. The van der Waals surface area contributed by atoms with Crippen LogP contribution in [0.25, 0.3) is 0 Å². The van der Waals surface area contributed by atoms with Gasteiger partial charge < -0.3 is 9.64 Å². The molecule has 0 N–H and O–H groups in total. The second kappa shape index (κ2) is 9.14. The predicted octanol–water partition coefficient (Wildman–Crippen LogP) is 4.19. The van der Waals surface area contributed by atoms with Crippen LogP contribution in [0.3, 0.4) is 0 Å². The number of amides is 1. The zero-order chi connectivity index (χ0) is 18.4. The van der Waals surface area contributed by atoms with Crippen LogP contribution in [0.5, 0.6) is 0 Å². The van der Waals surface area contributed by atoms with Crippen LogP contribution in [0.2, 0.25) is 0 Å². The molecule has 138 valence electrons. The summed E-state index contributed by atoms with van der Waals surface area (Å²) in [5.74, 6) is -0.212. The van der Waals surface area contributed by atoms with Crippen molar-refractivity contribution >= 4 is 17.7 Å². The fraction of sp³-hybridized carbons (Fsp3) is 0.350. The maximum absolute atomic E-state index is 14.0. The fourth-order valence-electron chi connectivity index (χ4n) is 2.95. The number of nitrogens with zero attached hydrogens (tertiary/aromatic N) is 1. The lowest BCUT2D eigenvalue weighted by molar-refractivity contribution is -0.136. The van der Waals surface area contributed by atoms with Crippen LogP contribution in [0.15, 0.2) is 48.5 Å². The highest BCUT2D eigenvalue weighted by atomic mass is 32.2. The minimum atomic E-state index is -0.437. The van der Waals surface area contributed by atoms with E-state index < -0.39 is 11.6 Å². The lowest BCUT2D eigenvalue weighted by Crippen LogP contribution is -2.35. The van der Waals surface area contributed by atoms with Gasteiger partial charge in [-0.1, -0.05) is 30.3 Å². The van der Waals surface area contributed by atoms with E-state index in [9.17, 15) is 13.6 Å². The summed E-state index contributed by atoms with van der Waals surface area (Å²) in [4.78, 5) is 14.1. The molecule has 26 heavy (non-hydrogen) atoms. The van der Waals surface area contributed by atoms with E-state index in [1.807, 2.05) is 30.3 Å². The van der Waals surface area contributed by atoms with Crippen LogP contribution in [-0.2, 0) is 16.1 Å². The molecule has 0 unspecified atom stereocenters. The molecular formula is C20H21F2NO2S. The summed E-state index contributed by atoms with van der Waals surface area (Å²) in [6.07, 6.45) is 0.593. The zero-order valence-corrected chi connectivity index (χ0v) is 15.2. The van der Waals surface area contributed by atoms with Crippen molar-refractivity contribution in [3.05, 3.63) is 71.3 Å². The number of carbonyl (C=O) groups excluding carboxylic acids is 1. The average molecular weight is 377 g/mol. The summed E-state index contributed by atoms with van der Waals surface area (Å²) in [7, 11) is 0. The Labute approximate surface area is 156 Å². The van der Waals surface area contributed by atoms with Gasteiger partial charge in [0.15, 0.2) is 0 Å². The molecule has 1 aliphatic rings. The van der Waals surface area contributed by atoms with Crippen molar-refractivity contribution in [2.24, 2.45) is 0 Å². The second-order valence-corrected chi connectivity index (χ2v) is 7.48. The molecule has 1 amide bonds. The molecule has 3 rings (SSSR count). The van der Waals surface area contributed by atoms with Gasteiger partial charge in [-0.2, -0.15) is 11.8 Å². The minimum Gasteiger partial charge on any atom is -0.367 e. The first-order valence-electron chi connectivity index (χ1n) is 8.59. The van der Waals surface area contributed by atoms with Crippen LogP contribution < -0.4 is 0 Å². The van der Waals surface area contributed by atoms with Gasteiger partial charge in [0.1, 0.15) is 18.2 Å². The Balaban J connectivity index is 1.51. The van der Waals surface area contributed by atoms with Crippen molar-refractivity contribution in [2.45, 2.75) is 18.3 Å². The molecule has 1 aliphatic heterocycles. The van der Waals surface area contributed by atoms with Crippen molar-refractivity contribution in [3.8, 4) is 0 Å². The summed E-state index contributed by atoms with van der Waals surface area (Å²) in [6, 6.07) is 13.2. The molecule has 0 saturated carbocycles. The molecule has 3 nitrogen and oxygen atoms in total. The molecule has 2 aromatic rings. The Morgan fingerprint density at radius 2 is 1.96 bits per heavy atom. The smallest absolute Gasteiger partial charge is 0.248 e. The van der Waals surface area contributed by atoms with Crippen molar-refractivity contribution in [1.82, 2.24) is 4.90 Å². The molecule has 0 aliphatic carbocycles. The summed E-state index contributed by atoms with van der Waals surface area (Å²) >= 11 is 1.56. The lowest BCUT2D eigenvalue weighted by atomic mass is 10.1. The first-order valence-corrected chi connectivity index (χ1v) is 9.64. The van der Waals surface area contributed by atoms with Gasteiger partial charge >= 0.3 is 0 Å². The van der Waals surface area contributed by atoms with Gasteiger partial charge in [0.25, 0.3) is 0 Å². The van der Waals surface area contributed by atoms with Gasteiger partial charge in [-0.3, -0.25) is 4.79 Å². The Kier molecular flexibility index (Phi) is 6.63. The highest BCUT2D eigenvalue weighted by Gasteiger charge is 2.24. The number of rotatable bonds is 5. The maximum atomic E-state index is 14.0. The molecule has 0 spiro atoms. The van der Waals surface area contributed by atoms with E-state index >= 15 is 0 Å².